The summed E-state index contributed by atoms with van der Waals surface area (Å²) in [5, 5.41) is 4.87. The van der Waals surface area contributed by atoms with E-state index in [9.17, 15) is 9.59 Å². The van der Waals surface area contributed by atoms with Crippen molar-refractivity contribution in [2.75, 3.05) is 13.6 Å². The van der Waals surface area contributed by atoms with Gasteiger partial charge in [-0.05, 0) is 6.92 Å². The van der Waals surface area contributed by atoms with Crippen LogP contribution in [0.1, 0.15) is 13.3 Å². The molecule has 0 aliphatic rings. The SMILES string of the molecule is CCNC(=O)CC(=O)NC. The lowest BCUT2D eigenvalue weighted by molar-refractivity contribution is -0.128. The highest BCUT2D eigenvalue weighted by molar-refractivity contribution is 5.96. The Bertz CT molecular complexity index is 134. The van der Waals surface area contributed by atoms with Gasteiger partial charge in [0.15, 0.2) is 0 Å². The van der Waals surface area contributed by atoms with Gasteiger partial charge in [-0.25, -0.2) is 0 Å². The van der Waals surface area contributed by atoms with E-state index in [1.807, 2.05) is 6.92 Å². The van der Waals surface area contributed by atoms with Crippen LogP contribution in [-0.4, -0.2) is 25.4 Å². The lowest BCUT2D eigenvalue weighted by Crippen LogP contribution is -2.29. The fraction of sp³-hybridized carbons (Fsp3) is 0.667. The molecule has 0 aromatic carbocycles. The van der Waals surface area contributed by atoms with Crippen LogP contribution in [0, 0.1) is 0 Å². The molecule has 4 heteroatoms. The van der Waals surface area contributed by atoms with Crippen molar-refractivity contribution >= 4 is 11.8 Å². The molecule has 0 bridgehead atoms. The highest BCUT2D eigenvalue weighted by atomic mass is 16.2. The second kappa shape index (κ2) is 4.78. The summed E-state index contributed by atoms with van der Waals surface area (Å²) in [6.45, 7) is 2.37. The van der Waals surface area contributed by atoms with Crippen LogP contribution < -0.4 is 10.6 Å². The number of amides is 2. The zero-order valence-corrected chi connectivity index (χ0v) is 6.23. The first-order valence-electron chi connectivity index (χ1n) is 3.18. The third-order valence-electron chi connectivity index (χ3n) is 0.974. The van der Waals surface area contributed by atoms with Gasteiger partial charge < -0.3 is 10.6 Å². The molecule has 2 amide bonds. The highest BCUT2D eigenvalue weighted by Gasteiger charge is 2.04. The second-order valence-electron chi connectivity index (χ2n) is 1.80. The van der Waals surface area contributed by atoms with Crippen LogP contribution in [0.2, 0.25) is 0 Å². The topological polar surface area (TPSA) is 58.2 Å². The second-order valence-corrected chi connectivity index (χ2v) is 1.80. The van der Waals surface area contributed by atoms with Crippen LogP contribution in [0.15, 0.2) is 0 Å². The van der Waals surface area contributed by atoms with E-state index in [0.29, 0.717) is 6.54 Å². The summed E-state index contributed by atoms with van der Waals surface area (Å²) in [4.78, 5) is 21.2. The smallest absolute Gasteiger partial charge is 0.229 e. The highest BCUT2D eigenvalue weighted by Crippen LogP contribution is 1.77. The average molecular weight is 144 g/mol. The van der Waals surface area contributed by atoms with Gasteiger partial charge in [-0.1, -0.05) is 0 Å². The van der Waals surface area contributed by atoms with Gasteiger partial charge in [-0.15, -0.1) is 0 Å². The van der Waals surface area contributed by atoms with E-state index in [0.717, 1.165) is 0 Å². The molecule has 4 nitrogen and oxygen atoms in total. The molecule has 0 spiro atoms. The minimum atomic E-state index is -0.258. The van der Waals surface area contributed by atoms with Crippen LogP contribution in [0.5, 0.6) is 0 Å². The van der Waals surface area contributed by atoms with E-state index in [1.54, 1.807) is 0 Å². The van der Waals surface area contributed by atoms with Crippen molar-refractivity contribution in [1.29, 1.82) is 0 Å². The summed E-state index contributed by atoms with van der Waals surface area (Å²) in [5.41, 5.74) is 0. The molecule has 10 heavy (non-hydrogen) atoms. The summed E-state index contributed by atoms with van der Waals surface area (Å²) in [7, 11) is 1.50. The number of rotatable bonds is 3. The molecule has 0 radical (unpaired) electrons. The zero-order chi connectivity index (χ0) is 7.98. The van der Waals surface area contributed by atoms with E-state index < -0.39 is 0 Å². The summed E-state index contributed by atoms with van der Waals surface area (Å²) in [6.07, 6.45) is -0.0790. The molecule has 0 heterocycles. The minimum Gasteiger partial charge on any atom is -0.359 e. The van der Waals surface area contributed by atoms with E-state index in [1.165, 1.54) is 7.05 Å². The fourth-order valence-corrected chi connectivity index (χ4v) is 0.494. The summed E-state index contributed by atoms with van der Waals surface area (Å²) in [6, 6.07) is 0. The largest absolute Gasteiger partial charge is 0.359 e. The Kier molecular flexibility index (Phi) is 4.28. The number of hydrogen-bond acceptors (Lipinski definition) is 2. The van der Waals surface area contributed by atoms with Crippen molar-refractivity contribution in [2.24, 2.45) is 0 Å². The number of nitrogens with one attached hydrogen (secondary N) is 2. The molecule has 0 rings (SSSR count). The minimum absolute atomic E-state index is 0.0790. The van der Waals surface area contributed by atoms with Gasteiger partial charge in [0.25, 0.3) is 0 Å². The van der Waals surface area contributed by atoms with Crippen LogP contribution in [0.25, 0.3) is 0 Å². The quantitative estimate of drug-likeness (QED) is 0.512. The van der Waals surface area contributed by atoms with Crippen LogP contribution in [0.3, 0.4) is 0 Å². The maximum Gasteiger partial charge on any atom is 0.229 e. The van der Waals surface area contributed by atoms with Crippen LogP contribution >= 0.6 is 0 Å². The van der Waals surface area contributed by atoms with Gasteiger partial charge in [-0.3, -0.25) is 9.59 Å². The fourth-order valence-electron chi connectivity index (χ4n) is 0.494. The molecule has 0 aromatic rings. The Morgan fingerprint density at radius 3 is 2.30 bits per heavy atom. The van der Waals surface area contributed by atoms with Crippen molar-refractivity contribution in [2.45, 2.75) is 13.3 Å². The molecular weight excluding hydrogens is 132 g/mol. The normalized spacial score (nSPS) is 8.60. The first-order valence-corrected chi connectivity index (χ1v) is 3.18. The van der Waals surface area contributed by atoms with Crippen molar-refractivity contribution in [3.05, 3.63) is 0 Å². The van der Waals surface area contributed by atoms with E-state index in [4.69, 9.17) is 0 Å². The Morgan fingerprint density at radius 1 is 1.30 bits per heavy atom. The van der Waals surface area contributed by atoms with Crippen molar-refractivity contribution in [3.63, 3.8) is 0 Å². The van der Waals surface area contributed by atoms with Gasteiger partial charge in [-0.2, -0.15) is 0 Å². The van der Waals surface area contributed by atoms with Gasteiger partial charge in [0.05, 0.1) is 0 Å². The van der Waals surface area contributed by atoms with Gasteiger partial charge in [0, 0.05) is 13.6 Å². The Labute approximate surface area is 60.0 Å². The standard InChI is InChI=1S/C6H12N2O2/c1-3-8-6(10)4-5(9)7-2/h3-4H2,1-2H3,(H,7,9)(H,8,10). The maximum absolute atomic E-state index is 10.6. The van der Waals surface area contributed by atoms with Crippen molar-refractivity contribution < 1.29 is 9.59 Å². The predicted octanol–water partition coefficient (Wildman–Crippen LogP) is -0.741. The molecule has 0 aliphatic carbocycles. The summed E-state index contributed by atoms with van der Waals surface area (Å²) in [5.74, 6) is -0.493. The summed E-state index contributed by atoms with van der Waals surface area (Å²) < 4.78 is 0. The number of carbonyl (C=O) groups excluding carboxylic acids is 2. The number of carbonyl (C=O) groups is 2. The van der Waals surface area contributed by atoms with E-state index >= 15 is 0 Å². The maximum atomic E-state index is 10.6. The van der Waals surface area contributed by atoms with Crippen molar-refractivity contribution in [1.82, 2.24) is 10.6 Å². The average Bonchev–Trinajstić information content (AvgIpc) is 1.88. The Morgan fingerprint density at radius 2 is 1.90 bits per heavy atom. The molecule has 0 saturated heterocycles. The molecule has 0 aromatic heterocycles. The molecule has 0 atom stereocenters. The van der Waals surface area contributed by atoms with Crippen LogP contribution in [0.4, 0.5) is 0 Å². The first-order chi connectivity index (χ1) is 4.70. The molecule has 0 fully saturated rings. The van der Waals surface area contributed by atoms with Gasteiger partial charge >= 0.3 is 0 Å². The molecule has 0 aliphatic heterocycles. The molecule has 0 saturated carbocycles. The monoisotopic (exact) mass is 144 g/mol. The zero-order valence-electron chi connectivity index (χ0n) is 6.23. The van der Waals surface area contributed by atoms with Gasteiger partial charge in [0.1, 0.15) is 6.42 Å². The molecule has 0 unspecified atom stereocenters. The van der Waals surface area contributed by atoms with Crippen LogP contribution in [-0.2, 0) is 9.59 Å². The molecular formula is C6H12N2O2. The summed E-state index contributed by atoms with van der Waals surface area (Å²) >= 11 is 0. The van der Waals surface area contributed by atoms with E-state index in [-0.39, 0.29) is 18.2 Å². The van der Waals surface area contributed by atoms with E-state index in [2.05, 4.69) is 10.6 Å². The molecule has 2 N–H and O–H groups in total. The van der Waals surface area contributed by atoms with Crippen molar-refractivity contribution in [3.8, 4) is 0 Å². The third kappa shape index (κ3) is 3.88. The predicted molar refractivity (Wildman–Crippen MR) is 37.4 cm³/mol. The Hall–Kier alpha value is -1.06. The third-order valence-corrected chi connectivity index (χ3v) is 0.974. The van der Waals surface area contributed by atoms with Gasteiger partial charge in [0.2, 0.25) is 11.8 Å². The lowest BCUT2D eigenvalue weighted by Gasteiger charge is -1.99. The lowest BCUT2D eigenvalue weighted by atomic mass is 10.4. The number of hydrogen-bond donors (Lipinski definition) is 2. The molecule has 58 valence electrons. The first kappa shape index (κ1) is 8.94. The Balaban J connectivity index is 3.47.